The molecule has 0 aliphatic carbocycles. The highest BCUT2D eigenvalue weighted by Gasteiger charge is 2.15. The Balaban J connectivity index is 2.56. The van der Waals surface area contributed by atoms with Crippen molar-refractivity contribution >= 4 is 5.82 Å². The number of hydrogen-bond donors (Lipinski definition) is 2. The van der Waals surface area contributed by atoms with Crippen LogP contribution >= 0.6 is 0 Å². The summed E-state index contributed by atoms with van der Waals surface area (Å²) in [6, 6.07) is 1.77. The van der Waals surface area contributed by atoms with E-state index in [1.54, 1.807) is 12.3 Å². The molecule has 2 aromatic heterocycles. The van der Waals surface area contributed by atoms with Gasteiger partial charge in [-0.05, 0) is 18.9 Å². The summed E-state index contributed by atoms with van der Waals surface area (Å²) in [6.45, 7) is 6.11. The quantitative estimate of drug-likeness (QED) is 0.630. The van der Waals surface area contributed by atoms with E-state index in [0.717, 1.165) is 11.3 Å². The normalized spacial score (nSPS) is 10.7. The summed E-state index contributed by atoms with van der Waals surface area (Å²) in [4.78, 5) is 16.9. The largest absolute Gasteiger partial charge is 0.308 e. The summed E-state index contributed by atoms with van der Waals surface area (Å²) < 4.78 is 0. The molecule has 0 aliphatic heterocycles. The highest BCUT2D eigenvalue weighted by atomic mass is 15.3. The van der Waals surface area contributed by atoms with Gasteiger partial charge in [0.1, 0.15) is 17.8 Å². The number of nitrogens with zero attached hydrogens (tertiary/aromatic N) is 4. The Hall–Kier alpha value is -2.08. The van der Waals surface area contributed by atoms with E-state index in [1.807, 2.05) is 6.92 Å². The number of nitrogens with two attached hydrogens (primary N) is 1. The van der Waals surface area contributed by atoms with Crippen molar-refractivity contribution < 1.29 is 0 Å². The minimum atomic E-state index is 0.301. The third-order valence-electron chi connectivity index (χ3n) is 2.66. The van der Waals surface area contributed by atoms with Crippen LogP contribution in [0.25, 0.3) is 11.5 Å². The van der Waals surface area contributed by atoms with Gasteiger partial charge in [-0.3, -0.25) is 0 Å². The van der Waals surface area contributed by atoms with Crippen molar-refractivity contribution in [3.63, 3.8) is 0 Å². The van der Waals surface area contributed by atoms with E-state index in [-0.39, 0.29) is 0 Å². The summed E-state index contributed by atoms with van der Waals surface area (Å²) in [5, 5.41) is 0. The molecule has 2 rings (SSSR count). The lowest BCUT2D eigenvalue weighted by Gasteiger charge is -2.14. The van der Waals surface area contributed by atoms with Gasteiger partial charge in [0, 0.05) is 17.5 Å². The molecule has 18 heavy (non-hydrogen) atoms. The lowest BCUT2D eigenvalue weighted by molar-refractivity contribution is 0.831. The second-order valence-corrected chi connectivity index (χ2v) is 4.29. The number of aryl methyl sites for hydroxylation is 1. The van der Waals surface area contributed by atoms with Gasteiger partial charge in [-0.1, -0.05) is 13.8 Å². The second kappa shape index (κ2) is 5.05. The van der Waals surface area contributed by atoms with Crippen LogP contribution in [0, 0.1) is 6.92 Å². The zero-order chi connectivity index (χ0) is 13.1. The summed E-state index contributed by atoms with van der Waals surface area (Å²) >= 11 is 0. The van der Waals surface area contributed by atoms with Crippen LogP contribution in [-0.4, -0.2) is 19.9 Å². The first-order valence-electron chi connectivity index (χ1n) is 5.75. The topological polar surface area (TPSA) is 89.6 Å². The number of hydrazine groups is 1. The van der Waals surface area contributed by atoms with Crippen LogP contribution in [0.2, 0.25) is 0 Å². The SMILES string of the molecule is Cc1nc(-c2ccncn2)nc(NN)c1C(C)C. The summed E-state index contributed by atoms with van der Waals surface area (Å²) in [7, 11) is 0. The van der Waals surface area contributed by atoms with E-state index >= 15 is 0 Å². The molecule has 2 aromatic rings. The average molecular weight is 244 g/mol. The van der Waals surface area contributed by atoms with Crippen molar-refractivity contribution in [2.75, 3.05) is 5.43 Å². The fourth-order valence-corrected chi connectivity index (χ4v) is 1.92. The molecule has 0 saturated heterocycles. The Morgan fingerprint density at radius 1 is 1.28 bits per heavy atom. The van der Waals surface area contributed by atoms with Gasteiger partial charge in [0.05, 0.1) is 0 Å². The first-order valence-corrected chi connectivity index (χ1v) is 5.75. The summed E-state index contributed by atoms with van der Waals surface area (Å²) in [5.41, 5.74) is 5.24. The molecule has 6 nitrogen and oxygen atoms in total. The van der Waals surface area contributed by atoms with Crippen LogP contribution in [0.5, 0.6) is 0 Å². The molecule has 0 amide bonds. The third-order valence-corrected chi connectivity index (χ3v) is 2.66. The third kappa shape index (κ3) is 2.28. The van der Waals surface area contributed by atoms with E-state index in [4.69, 9.17) is 5.84 Å². The zero-order valence-corrected chi connectivity index (χ0v) is 10.7. The van der Waals surface area contributed by atoms with Gasteiger partial charge in [0.25, 0.3) is 0 Å². The molecule has 0 aromatic carbocycles. The molecule has 0 aliphatic rings. The van der Waals surface area contributed by atoms with E-state index in [9.17, 15) is 0 Å². The van der Waals surface area contributed by atoms with Crippen LogP contribution in [0.15, 0.2) is 18.6 Å². The fraction of sp³-hybridized carbons (Fsp3) is 0.333. The molecular formula is C12H16N6. The van der Waals surface area contributed by atoms with Crippen LogP contribution in [0.4, 0.5) is 5.82 Å². The summed E-state index contributed by atoms with van der Waals surface area (Å²) in [5.74, 6) is 7.03. The molecule has 94 valence electrons. The maximum atomic E-state index is 5.53. The first-order chi connectivity index (χ1) is 8.63. The Bertz CT molecular complexity index is 538. The van der Waals surface area contributed by atoms with Crippen LogP contribution in [-0.2, 0) is 0 Å². The molecule has 6 heteroatoms. The maximum Gasteiger partial charge on any atom is 0.180 e. The van der Waals surface area contributed by atoms with Crippen molar-refractivity contribution in [1.29, 1.82) is 0 Å². The Labute approximate surface area is 106 Å². The molecule has 0 unspecified atom stereocenters. The minimum Gasteiger partial charge on any atom is -0.308 e. The number of nitrogens with one attached hydrogen (secondary N) is 1. The molecule has 0 atom stereocenters. The van der Waals surface area contributed by atoms with E-state index in [2.05, 4.69) is 39.2 Å². The van der Waals surface area contributed by atoms with Crippen molar-refractivity contribution in [3.8, 4) is 11.5 Å². The fourth-order valence-electron chi connectivity index (χ4n) is 1.92. The number of nitrogen functional groups attached to an aromatic ring is 1. The predicted octanol–water partition coefficient (Wildman–Crippen LogP) is 1.65. The molecular weight excluding hydrogens is 228 g/mol. The van der Waals surface area contributed by atoms with Gasteiger partial charge < -0.3 is 5.43 Å². The molecule has 0 radical (unpaired) electrons. The smallest absolute Gasteiger partial charge is 0.180 e. The minimum absolute atomic E-state index is 0.301. The van der Waals surface area contributed by atoms with Crippen LogP contribution < -0.4 is 11.3 Å². The molecule has 0 spiro atoms. The maximum absolute atomic E-state index is 5.53. The monoisotopic (exact) mass is 244 g/mol. The average Bonchev–Trinajstić information content (AvgIpc) is 2.38. The van der Waals surface area contributed by atoms with Gasteiger partial charge in [-0.15, -0.1) is 0 Å². The molecule has 0 saturated carbocycles. The Morgan fingerprint density at radius 3 is 2.61 bits per heavy atom. The van der Waals surface area contributed by atoms with Gasteiger partial charge in [0.2, 0.25) is 0 Å². The first kappa shape index (κ1) is 12.4. The van der Waals surface area contributed by atoms with E-state index in [0.29, 0.717) is 23.3 Å². The number of hydrogen-bond acceptors (Lipinski definition) is 6. The Morgan fingerprint density at radius 2 is 2.06 bits per heavy atom. The zero-order valence-electron chi connectivity index (χ0n) is 10.7. The Kier molecular flexibility index (Phi) is 3.47. The van der Waals surface area contributed by atoms with Gasteiger partial charge in [-0.25, -0.2) is 25.8 Å². The molecule has 0 bridgehead atoms. The number of anilines is 1. The van der Waals surface area contributed by atoms with Gasteiger partial charge >= 0.3 is 0 Å². The van der Waals surface area contributed by atoms with Crippen molar-refractivity contribution in [3.05, 3.63) is 29.8 Å². The molecule has 0 fully saturated rings. The van der Waals surface area contributed by atoms with Crippen molar-refractivity contribution in [2.24, 2.45) is 5.84 Å². The standard InChI is InChI=1S/C12H16N6/c1-7(2)10-8(3)16-11(17-12(10)18-13)9-4-5-14-6-15-9/h4-7H,13H2,1-3H3,(H,16,17,18). The molecule has 3 N–H and O–H groups in total. The van der Waals surface area contributed by atoms with Gasteiger partial charge in [-0.2, -0.15) is 0 Å². The van der Waals surface area contributed by atoms with Gasteiger partial charge in [0.15, 0.2) is 5.82 Å². The lowest BCUT2D eigenvalue weighted by atomic mass is 10.0. The predicted molar refractivity (Wildman–Crippen MR) is 69.7 cm³/mol. The van der Waals surface area contributed by atoms with E-state index in [1.165, 1.54) is 6.33 Å². The highest BCUT2D eigenvalue weighted by Crippen LogP contribution is 2.26. The van der Waals surface area contributed by atoms with Crippen molar-refractivity contribution in [2.45, 2.75) is 26.7 Å². The van der Waals surface area contributed by atoms with E-state index < -0.39 is 0 Å². The number of aromatic nitrogens is 4. The van der Waals surface area contributed by atoms with Crippen LogP contribution in [0.3, 0.4) is 0 Å². The highest BCUT2D eigenvalue weighted by molar-refractivity contribution is 5.56. The van der Waals surface area contributed by atoms with Crippen molar-refractivity contribution in [1.82, 2.24) is 19.9 Å². The second-order valence-electron chi connectivity index (χ2n) is 4.29. The van der Waals surface area contributed by atoms with Crippen LogP contribution in [0.1, 0.15) is 31.0 Å². The number of rotatable bonds is 3. The molecule has 2 heterocycles. The lowest BCUT2D eigenvalue weighted by Crippen LogP contribution is -2.14. The summed E-state index contributed by atoms with van der Waals surface area (Å²) in [6.07, 6.45) is 3.13.